The van der Waals surface area contributed by atoms with Crippen LogP contribution in [0.2, 0.25) is 0 Å². The number of oxazole rings is 1. The molecule has 0 aromatic carbocycles. The first-order chi connectivity index (χ1) is 8.60. The molecule has 0 aliphatic carbocycles. The van der Waals surface area contributed by atoms with Crippen LogP contribution >= 0.6 is 0 Å². The van der Waals surface area contributed by atoms with Gasteiger partial charge in [-0.05, 0) is 0 Å². The summed E-state index contributed by atoms with van der Waals surface area (Å²) in [4.78, 5) is 27.8. The van der Waals surface area contributed by atoms with Gasteiger partial charge in [0.1, 0.15) is 12.3 Å². The molecule has 1 N–H and O–H groups in total. The lowest BCUT2D eigenvalue weighted by atomic mass is 10.2. The van der Waals surface area contributed by atoms with E-state index in [4.69, 9.17) is 14.3 Å². The van der Waals surface area contributed by atoms with Gasteiger partial charge in [-0.3, -0.25) is 9.59 Å². The first kappa shape index (κ1) is 14.2. The van der Waals surface area contributed by atoms with E-state index >= 15 is 0 Å². The van der Waals surface area contributed by atoms with E-state index in [1.165, 1.54) is 18.4 Å². The molecule has 0 radical (unpaired) electrons. The van der Waals surface area contributed by atoms with Crippen molar-refractivity contribution in [3.05, 3.63) is 17.8 Å². The maximum Gasteiger partial charge on any atom is 0.323 e. The number of carboxylic acid groups (broad SMARTS) is 1. The van der Waals surface area contributed by atoms with Crippen molar-refractivity contribution in [2.45, 2.75) is 13.3 Å². The molecule has 0 saturated heterocycles. The van der Waals surface area contributed by atoms with Crippen molar-refractivity contribution in [3.8, 4) is 0 Å². The molecule has 1 rings (SSSR count). The average molecular weight is 256 g/mol. The van der Waals surface area contributed by atoms with Crippen LogP contribution in [0.15, 0.2) is 10.8 Å². The van der Waals surface area contributed by atoms with Crippen LogP contribution in [-0.2, 0) is 16.0 Å². The lowest BCUT2D eigenvalue weighted by Gasteiger charge is -2.19. The number of nitrogens with zero attached hydrogens (tertiary/aromatic N) is 2. The Morgan fingerprint density at radius 1 is 1.56 bits per heavy atom. The third-order valence-corrected chi connectivity index (χ3v) is 2.34. The number of hydrogen-bond donors (Lipinski definition) is 1. The summed E-state index contributed by atoms with van der Waals surface area (Å²) in [5.41, 5.74) is 0.162. The van der Waals surface area contributed by atoms with Gasteiger partial charge in [0.05, 0.1) is 6.61 Å². The monoisotopic (exact) mass is 256 g/mol. The summed E-state index contributed by atoms with van der Waals surface area (Å²) in [7, 11) is 1.48. The Kier molecular flexibility index (Phi) is 5.31. The fraction of sp³-hybridized carbons (Fsp3) is 0.545. The van der Waals surface area contributed by atoms with Crippen molar-refractivity contribution >= 4 is 11.9 Å². The molecular weight excluding hydrogens is 240 g/mol. The van der Waals surface area contributed by atoms with Crippen LogP contribution in [0.4, 0.5) is 0 Å². The zero-order valence-corrected chi connectivity index (χ0v) is 10.4. The van der Waals surface area contributed by atoms with Gasteiger partial charge in [0, 0.05) is 20.1 Å². The fourth-order valence-corrected chi connectivity index (χ4v) is 1.46. The highest BCUT2D eigenvalue weighted by Crippen LogP contribution is 2.10. The molecule has 7 heteroatoms. The molecule has 0 fully saturated rings. The molecule has 100 valence electrons. The van der Waals surface area contributed by atoms with Gasteiger partial charge < -0.3 is 19.2 Å². The minimum atomic E-state index is -1.08. The van der Waals surface area contributed by atoms with Gasteiger partial charge >= 0.3 is 5.97 Å². The van der Waals surface area contributed by atoms with E-state index < -0.39 is 18.4 Å². The van der Waals surface area contributed by atoms with E-state index in [-0.39, 0.29) is 18.8 Å². The number of carbonyl (C=O) groups is 2. The Morgan fingerprint density at radius 3 is 2.83 bits per heavy atom. The first-order valence-electron chi connectivity index (χ1n) is 5.52. The molecule has 0 aliphatic rings. The molecule has 0 bridgehead atoms. The Bertz CT molecular complexity index is 415. The number of carbonyl (C=O) groups excluding carboxylic acids is 1. The molecule has 0 saturated carbocycles. The van der Waals surface area contributed by atoms with Gasteiger partial charge in [-0.25, -0.2) is 4.98 Å². The lowest BCUT2D eigenvalue weighted by Crippen LogP contribution is -2.38. The number of carboxylic acids is 1. The summed E-state index contributed by atoms with van der Waals surface area (Å²) >= 11 is 0. The van der Waals surface area contributed by atoms with Crippen LogP contribution in [0.1, 0.15) is 23.2 Å². The molecule has 1 aromatic rings. The van der Waals surface area contributed by atoms with E-state index in [1.54, 1.807) is 0 Å². The van der Waals surface area contributed by atoms with Gasteiger partial charge in [-0.2, -0.15) is 0 Å². The van der Waals surface area contributed by atoms with Crippen LogP contribution in [0, 0.1) is 0 Å². The number of rotatable bonds is 7. The molecule has 7 nitrogen and oxygen atoms in total. The predicted molar refractivity (Wildman–Crippen MR) is 61.3 cm³/mol. The summed E-state index contributed by atoms with van der Waals surface area (Å²) in [5, 5.41) is 8.78. The largest absolute Gasteiger partial charge is 0.480 e. The van der Waals surface area contributed by atoms with Gasteiger partial charge in [0.25, 0.3) is 5.91 Å². The smallest absolute Gasteiger partial charge is 0.323 e. The van der Waals surface area contributed by atoms with Gasteiger partial charge in [0.2, 0.25) is 0 Å². The van der Waals surface area contributed by atoms with E-state index in [0.29, 0.717) is 12.2 Å². The quantitative estimate of drug-likeness (QED) is 0.759. The van der Waals surface area contributed by atoms with Crippen molar-refractivity contribution < 1.29 is 23.8 Å². The fourth-order valence-electron chi connectivity index (χ4n) is 1.46. The Balaban J connectivity index is 2.83. The second-order valence-corrected chi connectivity index (χ2v) is 3.59. The average Bonchev–Trinajstić information content (AvgIpc) is 2.81. The normalized spacial score (nSPS) is 10.3. The van der Waals surface area contributed by atoms with Gasteiger partial charge in [0.15, 0.2) is 12.1 Å². The summed E-state index contributed by atoms with van der Waals surface area (Å²) < 4.78 is 9.90. The first-order valence-corrected chi connectivity index (χ1v) is 5.52. The standard InChI is InChI=1S/C11H16N2O5/c1-3-8-10(12-7-18-8)11(16)13(4-5-17-2)6-9(14)15/h7H,3-6H2,1-2H3,(H,14,15). The molecule has 18 heavy (non-hydrogen) atoms. The Labute approximate surface area is 104 Å². The van der Waals surface area contributed by atoms with Crippen molar-refractivity contribution in [2.24, 2.45) is 0 Å². The van der Waals surface area contributed by atoms with Crippen LogP contribution in [0.3, 0.4) is 0 Å². The van der Waals surface area contributed by atoms with Crippen LogP contribution in [0.5, 0.6) is 0 Å². The summed E-state index contributed by atoms with van der Waals surface area (Å²) in [6.45, 7) is 1.89. The maximum atomic E-state index is 12.1. The molecule has 0 aliphatic heterocycles. The number of aryl methyl sites for hydroxylation is 1. The molecule has 0 unspecified atom stereocenters. The van der Waals surface area contributed by atoms with Gasteiger partial charge in [-0.15, -0.1) is 0 Å². The highest BCUT2D eigenvalue weighted by molar-refractivity contribution is 5.94. The minimum Gasteiger partial charge on any atom is -0.480 e. The zero-order chi connectivity index (χ0) is 13.5. The minimum absolute atomic E-state index is 0.162. The number of methoxy groups -OCH3 is 1. The number of ether oxygens (including phenoxy) is 1. The molecule has 1 heterocycles. The summed E-state index contributed by atoms with van der Waals surface area (Å²) in [5.74, 6) is -1.09. The summed E-state index contributed by atoms with van der Waals surface area (Å²) in [6.07, 6.45) is 1.70. The van der Waals surface area contributed by atoms with Crippen molar-refractivity contribution in [1.82, 2.24) is 9.88 Å². The van der Waals surface area contributed by atoms with Crippen molar-refractivity contribution in [1.29, 1.82) is 0 Å². The highest BCUT2D eigenvalue weighted by atomic mass is 16.5. The zero-order valence-electron chi connectivity index (χ0n) is 10.4. The number of amides is 1. The van der Waals surface area contributed by atoms with E-state index in [1.807, 2.05) is 6.92 Å². The second-order valence-electron chi connectivity index (χ2n) is 3.59. The van der Waals surface area contributed by atoms with Crippen molar-refractivity contribution in [2.75, 3.05) is 26.8 Å². The molecule has 0 atom stereocenters. The van der Waals surface area contributed by atoms with Gasteiger partial charge in [-0.1, -0.05) is 6.92 Å². The second kappa shape index (κ2) is 6.75. The van der Waals surface area contributed by atoms with E-state index in [2.05, 4.69) is 4.98 Å². The Hall–Kier alpha value is -1.89. The number of hydrogen-bond acceptors (Lipinski definition) is 5. The molecule has 1 aromatic heterocycles. The van der Waals surface area contributed by atoms with E-state index in [9.17, 15) is 9.59 Å². The van der Waals surface area contributed by atoms with Crippen LogP contribution in [0.25, 0.3) is 0 Å². The Morgan fingerprint density at radius 2 is 2.28 bits per heavy atom. The SMILES string of the molecule is CCc1ocnc1C(=O)N(CCOC)CC(=O)O. The number of aromatic nitrogens is 1. The number of aliphatic carboxylic acids is 1. The highest BCUT2D eigenvalue weighted by Gasteiger charge is 2.23. The van der Waals surface area contributed by atoms with Crippen LogP contribution in [-0.4, -0.2) is 53.7 Å². The molecule has 0 spiro atoms. The topological polar surface area (TPSA) is 92.9 Å². The molecular formula is C11H16N2O5. The van der Waals surface area contributed by atoms with E-state index in [0.717, 1.165) is 0 Å². The molecule has 1 amide bonds. The maximum absolute atomic E-state index is 12.1. The van der Waals surface area contributed by atoms with Crippen molar-refractivity contribution in [3.63, 3.8) is 0 Å². The lowest BCUT2D eigenvalue weighted by molar-refractivity contribution is -0.137. The predicted octanol–water partition coefficient (Wildman–Crippen LogP) is 0.410. The third-order valence-electron chi connectivity index (χ3n) is 2.34. The summed E-state index contributed by atoms with van der Waals surface area (Å²) in [6, 6.07) is 0. The third kappa shape index (κ3) is 3.56. The van der Waals surface area contributed by atoms with Crippen LogP contribution < -0.4 is 0 Å².